The standard InChI is InChI=1S/C29H24BrN3O4/c1-17-9-11-20(12-10-17)26(34)23-25(19-13-15-21(30)16-14-19)32(29(37)27(23)35)24-18(2)31(3)33(28(24)36)22-7-5-4-6-8-22/h4-16,25,34H,1-3H3. The highest BCUT2D eigenvalue weighted by atomic mass is 79.9. The van der Waals surface area contributed by atoms with Crippen LogP contribution in [0, 0.1) is 13.8 Å². The minimum absolute atomic E-state index is 0.0647. The Kier molecular flexibility index (Phi) is 6.21. The van der Waals surface area contributed by atoms with Crippen LogP contribution in [-0.4, -0.2) is 26.2 Å². The van der Waals surface area contributed by atoms with Crippen molar-refractivity contribution in [2.75, 3.05) is 4.90 Å². The van der Waals surface area contributed by atoms with Gasteiger partial charge in [-0.3, -0.25) is 24.0 Å². The Hall–Kier alpha value is -4.17. The molecule has 1 fully saturated rings. The lowest BCUT2D eigenvalue weighted by molar-refractivity contribution is -0.132. The number of aryl methyl sites for hydroxylation is 1. The summed E-state index contributed by atoms with van der Waals surface area (Å²) < 4.78 is 3.93. The third-order valence-corrected chi connectivity index (χ3v) is 7.25. The molecule has 1 N–H and O–H groups in total. The summed E-state index contributed by atoms with van der Waals surface area (Å²) in [6, 6.07) is 22.2. The molecule has 2 heterocycles. The molecule has 4 aromatic rings. The van der Waals surface area contributed by atoms with Crippen LogP contribution in [0.4, 0.5) is 5.69 Å². The molecule has 0 spiro atoms. The molecule has 1 aromatic heterocycles. The molecule has 186 valence electrons. The van der Waals surface area contributed by atoms with Gasteiger partial charge in [-0.1, -0.05) is 76.1 Å². The van der Waals surface area contributed by atoms with E-state index >= 15 is 0 Å². The number of aliphatic hydroxyl groups excluding tert-OH is 1. The lowest BCUT2D eigenvalue weighted by Crippen LogP contribution is -2.34. The number of nitrogens with zero attached hydrogens (tertiary/aromatic N) is 3. The van der Waals surface area contributed by atoms with Crippen LogP contribution < -0.4 is 10.5 Å². The largest absolute Gasteiger partial charge is 0.507 e. The van der Waals surface area contributed by atoms with Gasteiger partial charge in [0.25, 0.3) is 17.2 Å². The zero-order chi connectivity index (χ0) is 26.4. The molecule has 0 bridgehead atoms. The Morgan fingerprint density at radius 2 is 1.49 bits per heavy atom. The first-order valence-electron chi connectivity index (χ1n) is 11.7. The van der Waals surface area contributed by atoms with E-state index in [1.165, 1.54) is 9.58 Å². The fraction of sp³-hybridized carbons (Fsp3) is 0.138. The molecule has 1 saturated heterocycles. The zero-order valence-corrected chi connectivity index (χ0v) is 22.1. The zero-order valence-electron chi connectivity index (χ0n) is 20.5. The summed E-state index contributed by atoms with van der Waals surface area (Å²) in [5, 5.41) is 11.3. The molecule has 5 rings (SSSR count). The molecule has 1 aliphatic heterocycles. The molecule has 7 nitrogen and oxygen atoms in total. The van der Waals surface area contributed by atoms with Crippen LogP contribution in [0.1, 0.15) is 28.4 Å². The number of aliphatic hydroxyl groups is 1. The van der Waals surface area contributed by atoms with Crippen LogP contribution in [0.15, 0.2) is 93.7 Å². The lowest BCUT2D eigenvalue weighted by atomic mass is 9.95. The smallest absolute Gasteiger partial charge is 0.300 e. The highest BCUT2D eigenvalue weighted by molar-refractivity contribution is 9.10. The second kappa shape index (κ2) is 9.37. The summed E-state index contributed by atoms with van der Waals surface area (Å²) in [5.41, 5.74) is 2.71. The van der Waals surface area contributed by atoms with Gasteiger partial charge in [0, 0.05) is 17.1 Å². The molecule has 37 heavy (non-hydrogen) atoms. The van der Waals surface area contributed by atoms with Gasteiger partial charge in [-0.15, -0.1) is 0 Å². The molecule has 1 unspecified atom stereocenters. The van der Waals surface area contributed by atoms with Crippen LogP contribution >= 0.6 is 15.9 Å². The Bertz CT molecular complexity index is 1610. The second-order valence-electron chi connectivity index (χ2n) is 9.00. The Balaban J connectivity index is 1.78. The highest BCUT2D eigenvalue weighted by Crippen LogP contribution is 2.42. The molecule has 0 radical (unpaired) electrons. The van der Waals surface area contributed by atoms with Crippen LogP contribution in [0.25, 0.3) is 11.4 Å². The monoisotopic (exact) mass is 557 g/mol. The number of carbonyl (C=O) groups excluding carboxylic acids is 2. The maximum atomic E-state index is 13.8. The van der Waals surface area contributed by atoms with E-state index < -0.39 is 23.3 Å². The normalized spacial score (nSPS) is 17.0. The van der Waals surface area contributed by atoms with Crippen LogP contribution in [0.3, 0.4) is 0 Å². The topological polar surface area (TPSA) is 84.5 Å². The molecule has 1 aliphatic rings. The van der Waals surface area contributed by atoms with Crippen molar-refractivity contribution in [2.24, 2.45) is 7.05 Å². The number of ketones is 1. The summed E-state index contributed by atoms with van der Waals surface area (Å²) in [7, 11) is 1.73. The van der Waals surface area contributed by atoms with E-state index in [4.69, 9.17) is 0 Å². The molecule has 0 aliphatic carbocycles. The van der Waals surface area contributed by atoms with Crippen molar-refractivity contribution in [1.29, 1.82) is 0 Å². The maximum Gasteiger partial charge on any atom is 0.300 e. The van der Waals surface area contributed by atoms with Gasteiger partial charge >= 0.3 is 0 Å². The number of rotatable bonds is 4. The van der Waals surface area contributed by atoms with Gasteiger partial charge in [-0.05, 0) is 43.7 Å². The van der Waals surface area contributed by atoms with Gasteiger partial charge in [0.15, 0.2) is 0 Å². The van der Waals surface area contributed by atoms with Crippen LogP contribution in [-0.2, 0) is 16.6 Å². The van der Waals surface area contributed by atoms with E-state index in [1.807, 2.05) is 37.3 Å². The lowest BCUT2D eigenvalue weighted by Gasteiger charge is -2.24. The second-order valence-corrected chi connectivity index (χ2v) is 9.91. The average molecular weight is 558 g/mol. The van der Waals surface area contributed by atoms with E-state index in [2.05, 4.69) is 15.9 Å². The molecular formula is C29H24BrN3O4. The molecule has 8 heteroatoms. The number of benzene rings is 3. The number of Topliss-reactive ketones (excluding diaryl/α,β-unsaturated/α-hetero) is 1. The van der Waals surface area contributed by atoms with Crippen molar-refractivity contribution in [3.63, 3.8) is 0 Å². The van der Waals surface area contributed by atoms with Crippen molar-refractivity contribution in [3.8, 4) is 5.69 Å². The van der Waals surface area contributed by atoms with Gasteiger partial charge in [-0.2, -0.15) is 0 Å². The minimum Gasteiger partial charge on any atom is -0.507 e. The van der Waals surface area contributed by atoms with E-state index in [0.29, 0.717) is 22.5 Å². The fourth-order valence-corrected chi connectivity index (χ4v) is 4.99. The SMILES string of the molecule is Cc1ccc(C(O)=C2C(=O)C(=O)N(c3c(C)n(C)n(-c4ccccc4)c3=O)C2c2ccc(Br)cc2)cc1. The minimum atomic E-state index is -0.993. The number of aromatic nitrogens is 2. The van der Waals surface area contributed by atoms with Gasteiger partial charge in [-0.25, -0.2) is 4.68 Å². The van der Waals surface area contributed by atoms with Gasteiger partial charge in [0.2, 0.25) is 0 Å². The average Bonchev–Trinajstić information content (AvgIpc) is 3.28. The summed E-state index contributed by atoms with van der Waals surface area (Å²) in [6.07, 6.45) is 0. The van der Waals surface area contributed by atoms with Crippen molar-refractivity contribution in [3.05, 3.63) is 122 Å². The summed E-state index contributed by atoms with van der Waals surface area (Å²) in [6.45, 7) is 3.65. The van der Waals surface area contributed by atoms with Gasteiger partial charge in [0.1, 0.15) is 11.4 Å². The first-order chi connectivity index (χ1) is 17.7. The van der Waals surface area contributed by atoms with E-state index in [-0.39, 0.29) is 17.0 Å². The first-order valence-corrected chi connectivity index (χ1v) is 12.5. The molecule has 1 amide bonds. The molecule has 0 saturated carbocycles. The van der Waals surface area contributed by atoms with Crippen molar-refractivity contribution in [1.82, 2.24) is 9.36 Å². The van der Waals surface area contributed by atoms with Crippen molar-refractivity contribution in [2.45, 2.75) is 19.9 Å². The predicted octanol–water partition coefficient (Wildman–Crippen LogP) is 5.18. The molecular weight excluding hydrogens is 534 g/mol. The fourth-order valence-electron chi connectivity index (χ4n) is 4.72. The Labute approximate surface area is 222 Å². The number of carbonyl (C=O) groups is 2. The number of amides is 1. The number of hydrogen-bond acceptors (Lipinski definition) is 4. The quantitative estimate of drug-likeness (QED) is 0.213. The maximum absolute atomic E-state index is 13.8. The highest BCUT2D eigenvalue weighted by Gasteiger charge is 2.49. The summed E-state index contributed by atoms with van der Waals surface area (Å²) in [5.74, 6) is -2.00. The van der Waals surface area contributed by atoms with E-state index in [0.717, 1.165) is 10.0 Å². The number of para-hydroxylation sites is 1. The predicted molar refractivity (Wildman–Crippen MR) is 146 cm³/mol. The molecule has 3 aromatic carbocycles. The van der Waals surface area contributed by atoms with Crippen LogP contribution in [0.5, 0.6) is 0 Å². The first kappa shape index (κ1) is 24.5. The molecule has 1 atom stereocenters. The van der Waals surface area contributed by atoms with Crippen molar-refractivity contribution < 1.29 is 14.7 Å². The third kappa shape index (κ3) is 4.03. The van der Waals surface area contributed by atoms with E-state index in [1.54, 1.807) is 67.2 Å². The third-order valence-electron chi connectivity index (χ3n) is 6.72. The number of halogens is 1. The van der Waals surface area contributed by atoms with E-state index in [9.17, 15) is 19.5 Å². The summed E-state index contributed by atoms with van der Waals surface area (Å²) in [4.78, 5) is 42.1. The summed E-state index contributed by atoms with van der Waals surface area (Å²) >= 11 is 3.42. The number of hydrogen-bond donors (Lipinski definition) is 1. The van der Waals surface area contributed by atoms with Gasteiger partial charge < -0.3 is 5.11 Å². The van der Waals surface area contributed by atoms with Crippen LogP contribution in [0.2, 0.25) is 0 Å². The number of anilines is 1. The Morgan fingerprint density at radius 1 is 0.865 bits per heavy atom. The van der Waals surface area contributed by atoms with Crippen molar-refractivity contribution >= 4 is 39.1 Å². The van der Waals surface area contributed by atoms with Gasteiger partial charge in [0.05, 0.1) is 23.0 Å². The Morgan fingerprint density at radius 3 is 2.11 bits per heavy atom.